The topological polar surface area (TPSA) is 94.2 Å². The van der Waals surface area contributed by atoms with Gasteiger partial charge in [0.1, 0.15) is 6.54 Å². The quantitative estimate of drug-likeness (QED) is 0.343. The summed E-state index contributed by atoms with van der Waals surface area (Å²) in [7, 11) is 0. The van der Waals surface area contributed by atoms with Gasteiger partial charge in [-0.2, -0.15) is 0 Å². The molecule has 1 heterocycles. The van der Waals surface area contributed by atoms with Gasteiger partial charge in [-0.1, -0.05) is 37.8 Å². The zero-order valence-corrected chi connectivity index (χ0v) is 13.4. The molecule has 1 atom stereocenters. The molecule has 8 heteroatoms. The second kappa shape index (κ2) is 8.53. The lowest BCUT2D eigenvalue weighted by Crippen LogP contribution is -2.37. The number of nitro groups is 1. The maximum atomic E-state index is 11.9. The van der Waals surface area contributed by atoms with Crippen LogP contribution in [0.4, 0.5) is 5.69 Å². The number of carbonyl (C=O) groups is 1. The van der Waals surface area contributed by atoms with Crippen molar-refractivity contribution in [3.8, 4) is 0 Å². The minimum absolute atomic E-state index is 0.0211. The Morgan fingerprint density at radius 1 is 1.45 bits per heavy atom. The van der Waals surface area contributed by atoms with E-state index in [2.05, 4.69) is 12.2 Å². The first-order valence-electron chi connectivity index (χ1n) is 7.20. The molecule has 0 saturated heterocycles. The molecule has 1 amide bonds. The van der Waals surface area contributed by atoms with E-state index in [-0.39, 0.29) is 17.7 Å². The maximum absolute atomic E-state index is 11.9. The Labute approximate surface area is 133 Å². The number of aromatic nitrogens is 1. The van der Waals surface area contributed by atoms with E-state index in [0.29, 0.717) is 0 Å². The van der Waals surface area contributed by atoms with Crippen molar-refractivity contribution < 1.29 is 9.72 Å². The van der Waals surface area contributed by atoms with E-state index in [1.807, 2.05) is 6.92 Å². The van der Waals surface area contributed by atoms with E-state index in [9.17, 15) is 19.7 Å². The van der Waals surface area contributed by atoms with Gasteiger partial charge in [-0.15, -0.1) is 0 Å². The lowest BCUT2D eigenvalue weighted by Gasteiger charge is -2.14. The van der Waals surface area contributed by atoms with Gasteiger partial charge in [0.25, 0.3) is 5.56 Å². The van der Waals surface area contributed by atoms with Crippen molar-refractivity contribution in [2.24, 2.45) is 0 Å². The molecule has 22 heavy (non-hydrogen) atoms. The van der Waals surface area contributed by atoms with Crippen molar-refractivity contribution in [1.82, 2.24) is 9.88 Å². The van der Waals surface area contributed by atoms with Gasteiger partial charge in [0.05, 0.1) is 4.92 Å². The van der Waals surface area contributed by atoms with Crippen LogP contribution >= 0.6 is 11.6 Å². The summed E-state index contributed by atoms with van der Waals surface area (Å²) in [5.41, 5.74) is -0.950. The van der Waals surface area contributed by atoms with Crippen molar-refractivity contribution >= 4 is 23.2 Å². The van der Waals surface area contributed by atoms with Gasteiger partial charge in [-0.25, -0.2) is 0 Å². The highest BCUT2D eigenvalue weighted by Gasteiger charge is 2.19. The van der Waals surface area contributed by atoms with E-state index >= 15 is 0 Å². The molecule has 0 saturated carbocycles. The molecule has 1 rings (SSSR count). The van der Waals surface area contributed by atoms with Gasteiger partial charge < -0.3 is 5.32 Å². The lowest BCUT2D eigenvalue weighted by molar-refractivity contribution is -0.385. The zero-order chi connectivity index (χ0) is 16.7. The molecule has 0 radical (unpaired) electrons. The molecule has 1 aromatic rings. The monoisotopic (exact) mass is 329 g/mol. The minimum atomic E-state index is -0.691. The summed E-state index contributed by atoms with van der Waals surface area (Å²) < 4.78 is 0.897. The average Bonchev–Trinajstić information content (AvgIpc) is 2.43. The third-order valence-corrected chi connectivity index (χ3v) is 3.64. The van der Waals surface area contributed by atoms with Crippen LogP contribution in [0.5, 0.6) is 0 Å². The van der Waals surface area contributed by atoms with Crippen molar-refractivity contribution in [3.63, 3.8) is 0 Å². The fourth-order valence-corrected chi connectivity index (χ4v) is 2.34. The highest BCUT2D eigenvalue weighted by atomic mass is 35.5. The number of amides is 1. The van der Waals surface area contributed by atoms with Crippen molar-refractivity contribution in [2.45, 2.75) is 52.1 Å². The number of hydrogen-bond acceptors (Lipinski definition) is 4. The number of unbranched alkanes of at least 4 members (excludes halogenated alkanes) is 2. The zero-order valence-electron chi connectivity index (χ0n) is 12.7. The lowest BCUT2D eigenvalue weighted by atomic mass is 10.1. The second-order valence-corrected chi connectivity index (χ2v) is 5.51. The number of pyridine rings is 1. The van der Waals surface area contributed by atoms with Crippen LogP contribution in [-0.2, 0) is 11.3 Å². The fourth-order valence-electron chi connectivity index (χ4n) is 2.06. The van der Waals surface area contributed by atoms with E-state index < -0.39 is 22.1 Å². The second-order valence-electron chi connectivity index (χ2n) is 5.16. The Bertz CT molecular complexity index is 600. The summed E-state index contributed by atoms with van der Waals surface area (Å²) in [5, 5.41) is 13.2. The summed E-state index contributed by atoms with van der Waals surface area (Å²) >= 11 is 5.83. The Hall–Kier alpha value is -1.89. The van der Waals surface area contributed by atoms with Gasteiger partial charge >= 0.3 is 5.69 Å². The summed E-state index contributed by atoms with van der Waals surface area (Å²) in [5.74, 6) is -0.395. The molecular formula is C14H20ClN3O4. The van der Waals surface area contributed by atoms with Gasteiger partial charge in [0, 0.05) is 18.2 Å². The van der Waals surface area contributed by atoms with Gasteiger partial charge in [0.15, 0.2) is 5.15 Å². The minimum Gasteiger partial charge on any atom is -0.352 e. The predicted molar refractivity (Wildman–Crippen MR) is 84.1 cm³/mol. The molecule has 1 N–H and O–H groups in total. The molecule has 7 nitrogen and oxygen atoms in total. The molecule has 0 aliphatic rings. The molecule has 1 aromatic heterocycles. The summed E-state index contributed by atoms with van der Waals surface area (Å²) in [4.78, 5) is 33.8. The predicted octanol–water partition coefficient (Wildman–Crippen LogP) is 2.49. The Kier molecular flexibility index (Phi) is 7.04. The van der Waals surface area contributed by atoms with Crippen molar-refractivity contribution in [3.05, 3.63) is 37.8 Å². The first-order chi connectivity index (χ1) is 10.4. The van der Waals surface area contributed by atoms with Crippen LogP contribution in [-0.4, -0.2) is 21.4 Å². The molecule has 1 unspecified atom stereocenters. The van der Waals surface area contributed by atoms with Crippen LogP contribution in [0.1, 0.15) is 39.5 Å². The van der Waals surface area contributed by atoms with Gasteiger partial charge in [-0.3, -0.25) is 24.3 Å². The fraction of sp³-hybridized carbons (Fsp3) is 0.571. The molecule has 0 spiro atoms. The smallest absolute Gasteiger partial charge is 0.304 e. The highest BCUT2D eigenvalue weighted by molar-refractivity contribution is 6.31. The average molecular weight is 330 g/mol. The third kappa shape index (κ3) is 5.14. The van der Waals surface area contributed by atoms with Gasteiger partial charge in [0.2, 0.25) is 5.91 Å². The van der Waals surface area contributed by atoms with Crippen LogP contribution in [0, 0.1) is 10.1 Å². The Balaban J connectivity index is 2.74. The number of nitrogens with one attached hydrogen (secondary N) is 1. The highest BCUT2D eigenvalue weighted by Crippen LogP contribution is 2.21. The first-order valence-corrected chi connectivity index (χ1v) is 7.57. The summed E-state index contributed by atoms with van der Waals surface area (Å²) in [6, 6.07) is 2.04. The number of hydrogen-bond donors (Lipinski definition) is 1. The molecule has 0 fully saturated rings. The SMILES string of the molecule is CCCCCC(C)NC(=O)Cn1c(Cl)c([N+](=O)[O-])ccc1=O. The van der Waals surface area contributed by atoms with E-state index in [1.54, 1.807) is 0 Å². The van der Waals surface area contributed by atoms with Crippen molar-refractivity contribution in [2.75, 3.05) is 0 Å². The van der Waals surface area contributed by atoms with E-state index in [4.69, 9.17) is 11.6 Å². The maximum Gasteiger partial charge on any atom is 0.304 e. The standard InChI is InChI=1S/C14H20ClN3O4/c1-3-4-5-6-10(2)16-12(19)9-17-13(20)8-7-11(14(17)15)18(21)22/h7-8,10H,3-6,9H2,1-2H3,(H,16,19). The normalized spacial score (nSPS) is 12.0. The molecule has 0 aliphatic carbocycles. The van der Waals surface area contributed by atoms with Crippen LogP contribution in [0.2, 0.25) is 5.15 Å². The van der Waals surface area contributed by atoms with E-state index in [1.165, 1.54) is 0 Å². The Morgan fingerprint density at radius 2 is 2.14 bits per heavy atom. The van der Waals surface area contributed by atoms with E-state index in [0.717, 1.165) is 42.4 Å². The molecular weight excluding hydrogens is 310 g/mol. The first kappa shape index (κ1) is 18.2. The number of carbonyl (C=O) groups excluding carboxylic acids is 1. The Morgan fingerprint density at radius 3 is 2.73 bits per heavy atom. The molecule has 122 valence electrons. The van der Waals surface area contributed by atoms with Crippen LogP contribution in [0.25, 0.3) is 0 Å². The van der Waals surface area contributed by atoms with Gasteiger partial charge in [-0.05, 0) is 13.3 Å². The molecule has 0 aromatic carbocycles. The molecule has 0 bridgehead atoms. The third-order valence-electron chi connectivity index (χ3n) is 3.24. The summed E-state index contributed by atoms with van der Waals surface area (Å²) in [6.45, 7) is 3.64. The summed E-state index contributed by atoms with van der Waals surface area (Å²) in [6.07, 6.45) is 4.04. The van der Waals surface area contributed by atoms with Crippen molar-refractivity contribution in [1.29, 1.82) is 0 Å². The number of nitrogens with zero attached hydrogens (tertiary/aromatic N) is 2. The number of rotatable bonds is 8. The molecule has 0 aliphatic heterocycles. The van der Waals surface area contributed by atoms with Crippen LogP contribution < -0.4 is 10.9 Å². The van der Waals surface area contributed by atoms with Crippen LogP contribution in [0.15, 0.2) is 16.9 Å². The van der Waals surface area contributed by atoms with Crippen LogP contribution in [0.3, 0.4) is 0 Å². The number of halogens is 1. The largest absolute Gasteiger partial charge is 0.352 e.